The largest absolute Gasteiger partial charge is 0.477 e. The zero-order chi connectivity index (χ0) is 14.3. The molecule has 5 heteroatoms. The maximum atomic E-state index is 12.9. The van der Waals surface area contributed by atoms with Gasteiger partial charge in [-0.1, -0.05) is 18.2 Å². The Kier molecular flexibility index (Phi) is 3.06. The first-order valence-electron chi connectivity index (χ1n) is 5.87. The van der Waals surface area contributed by atoms with E-state index in [9.17, 15) is 9.18 Å². The Morgan fingerprint density at radius 3 is 2.40 bits per heavy atom. The van der Waals surface area contributed by atoms with Crippen molar-refractivity contribution in [2.45, 2.75) is 0 Å². The van der Waals surface area contributed by atoms with Gasteiger partial charge in [0.25, 0.3) is 0 Å². The van der Waals surface area contributed by atoms with Gasteiger partial charge in [-0.05, 0) is 51.3 Å². The molecule has 0 radical (unpaired) electrons. The number of nitrogens with one attached hydrogen (secondary N) is 1. The number of carbonyl (C=O) groups is 1. The lowest BCUT2D eigenvalue weighted by Gasteiger charge is -2.02. The smallest absolute Gasteiger partial charge is 0.353 e. The molecule has 20 heavy (non-hydrogen) atoms. The molecule has 0 unspecified atom stereocenters. The summed E-state index contributed by atoms with van der Waals surface area (Å²) in [7, 11) is 0. The number of carboxylic acids is 1. The van der Waals surface area contributed by atoms with E-state index >= 15 is 0 Å². The molecule has 1 heterocycles. The first-order valence-corrected chi connectivity index (χ1v) is 6.66. The third-order valence-electron chi connectivity index (χ3n) is 3.13. The second kappa shape index (κ2) is 4.76. The number of hydrogen-bond donors (Lipinski definition) is 2. The van der Waals surface area contributed by atoms with Crippen LogP contribution in [0.15, 0.2) is 46.9 Å². The molecule has 0 saturated heterocycles. The summed E-state index contributed by atoms with van der Waals surface area (Å²) in [6.45, 7) is 0. The van der Waals surface area contributed by atoms with Gasteiger partial charge in [0, 0.05) is 10.9 Å². The lowest BCUT2D eigenvalue weighted by Crippen LogP contribution is -1.96. The van der Waals surface area contributed by atoms with Crippen molar-refractivity contribution in [3.8, 4) is 11.1 Å². The molecule has 0 aliphatic heterocycles. The van der Waals surface area contributed by atoms with Crippen LogP contribution in [0.1, 0.15) is 10.5 Å². The Morgan fingerprint density at radius 1 is 1.10 bits per heavy atom. The normalized spacial score (nSPS) is 10.9. The van der Waals surface area contributed by atoms with Crippen molar-refractivity contribution in [3.05, 3.63) is 58.4 Å². The lowest BCUT2D eigenvalue weighted by atomic mass is 10.0. The van der Waals surface area contributed by atoms with Crippen molar-refractivity contribution >= 4 is 32.8 Å². The lowest BCUT2D eigenvalue weighted by molar-refractivity contribution is 0.0690. The van der Waals surface area contributed by atoms with Crippen LogP contribution in [0.4, 0.5) is 4.39 Å². The van der Waals surface area contributed by atoms with Crippen LogP contribution in [0.3, 0.4) is 0 Å². The first-order chi connectivity index (χ1) is 9.56. The number of aromatic nitrogens is 1. The van der Waals surface area contributed by atoms with Crippen molar-refractivity contribution in [2.24, 2.45) is 0 Å². The topological polar surface area (TPSA) is 53.1 Å². The highest BCUT2D eigenvalue weighted by Crippen LogP contribution is 2.31. The van der Waals surface area contributed by atoms with Crippen LogP contribution in [0, 0.1) is 5.82 Å². The standard InChI is InChI=1S/C15H9BrFNO2/c16-13-11-7-9(8-1-4-10(17)5-2-8)3-6-12(11)18-14(13)15(19)20/h1-7,18H,(H,19,20). The number of aromatic carboxylic acids is 1. The fourth-order valence-corrected chi connectivity index (χ4v) is 2.73. The van der Waals surface area contributed by atoms with Crippen molar-refractivity contribution in [1.82, 2.24) is 4.98 Å². The fourth-order valence-electron chi connectivity index (χ4n) is 2.13. The van der Waals surface area contributed by atoms with E-state index in [2.05, 4.69) is 20.9 Å². The molecule has 100 valence electrons. The zero-order valence-electron chi connectivity index (χ0n) is 10.2. The predicted octanol–water partition coefficient (Wildman–Crippen LogP) is 4.43. The third kappa shape index (κ3) is 2.10. The Labute approximate surface area is 122 Å². The Bertz CT molecular complexity index is 809. The van der Waals surface area contributed by atoms with Gasteiger partial charge in [-0.25, -0.2) is 9.18 Å². The second-order valence-electron chi connectivity index (χ2n) is 4.39. The molecule has 2 aromatic carbocycles. The minimum absolute atomic E-state index is 0.122. The second-order valence-corrected chi connectivity index (χ2v) is 5.18. The highest BCUT2D eigenvalue weighted by Gasteiger charge is 2.15. The highest BCUT2D eigenvalue weighted by molar-refractivity contribution is 9.10. The number of rotatable bonds is 2. The van der Waals surface area contributed by atoms with Gasteiger partial charge in [-0.3, -0.25) is 0 Å². The van der Waals surface area contributed by atoms with E-state index in [0.717, 1.165) is 22.0 Å². The van der Waals surface area contributed by atoms with Crippen molar-refractivity contribution in [1.29, 1.82) is 0 Å². The molecular weight excluding hydrogens is 325 g/mol. The molecule has 3 nitrogen and oxygen atoms in total. The van der Waals surface area contributed by atoms with Gasteiger partial charge in [0.2, 0.25) is 0 Å². The van der Waals surface area contributed by atoms with E-state index in [1.165, 1.54) is 12.1 Å². The number of halogens is 2. The van der Waals surface area contributed by atoms with Crippen LogP contribution in [-0.2, 0) is 0 Å². The molecule has 0 atom stereocenters. The molecule has 2 N–H and O–H groups in total. The molecular formula is C15H9BrFNO2. The Balaban J connectivity index is 2.17. The average molecular weight is 334 g/mol. The van der Waals surface area contributed by atoms with Crippen LogP contribution in [-0.4, -0.2) is 16.1 Å². The summed E-state index contributed by atoms with van der Waals surface area (Å²) in [5, 5.41) is 9.86. The molecule has 0 aliphatic carbocycles. The molecule has 3 rings (SSSR count). The summed E-state index contributed by atoms with van der Waals surface area (Å²) >= 11 is 3.30. The van der Waals surface area contributed by atoms with E-state index < -0.39 is 5.97 Å². The van der Waals surface area contributed by atoms with Gasteiger partial charge >= 0.3 is 5.97 Å². The minimum atomic E-state index is -1.02. The number of fused-ring (bicyclic) bond motifs is 1. The van der Waals surface area contributed by atoms with Crippen LogP contribution in [0.5, 0.6) is 0 Å². The van der Waals surface area contributed by atoms with Gasteiger partial charge in [0.05, 0.1) is 4.47 Å². The van der Waals surface area contributed by atoms with Gasteiger partial charge in [-0.2, -0.15) is 0 Å². The van der Waals surface area contributed by atoms with Crippen molar-refractivity contribution in [2.75, 3.05) is 0 Å². The van der Waals surface area contributed by atoms with Crippen molar-refractivity contribution < 1.29 is 14.3 Å². The van der Waals surface area contributed by atoms with E-state index in [-0.39, 0.29) is 11.5 Å². The van der Waals surface area contributed by atoms with E-state index in [4.69, 9.17) is 5.11 Å². The van der Waals surface area contributed by atoms with Crippen LogP contribution < -0.4 is 0 Å². The quantitative estimate of drug-likeness (QED) is 0.728. The molecule has 0 bridgehead atoms. The number of carboxylic acid groups (broad SMARTS) is 1. The Hall–Kier alpha value is -2.14. The van der Waals surface area contributed by atoms with Gasteiger partial charge < -0.3 is 10.1 Å². The van der Waals surface area contributed by atoms with E-state index in [1.54, 1.807) is 12.1 Å². The number of H-pyrrole nitrogens is 1. The van der Waals surface area contributed by atoms with Crippen LogP contribution >= 0.6 is 15.9 Å². The maximum Gasteiger partial charge on any atom is 0.353 e. The molecule has 0 amide bonds. The molecule has 0 spiro atoms. The van der Waals surface area contributed by atoms with Gasteiger partial charge in [0.1, 0.15) is 11.5 Å². The number of hydrogen-bond acceptors (Lipinski definition) is 1. The average Bonchev–Trinajstić information content (AvgIpc) is 2.77. The molecule has 0 fully saturated rings. The summed E-state index contributed by atoms with van der Waals surface area (Å²) in [5.74, 6) is -1.30. The van der Waals surface area contributed by atoms with Crippen LogP contribution in [0.2, 0.25) is 0 Å². The molecule has 0 saturated carbocycles. The summed E-state index contributed by atoms with van der Waals surface area (Å²) in [6, 6.07) is 11.7. The SMILES string of the molecule is O=C(O)c1[nH]c2ccc(-c3ccc(F)cc3)cc2c1Br. The summed E-state index contributed by atoms with van der Waals surface area (Å²) in [5.41, 5.74) is 2.63. The van der Waals surface area contributed by atoms with Gasteiger partial charge in [-0.15, -0.1) is 0 Å². The van der Waals surface area contributed by atoms with Crippen LogP contribution in [0.25, 0.3) is 22.0 Å². The third-order valence-corrected chi connectivity index (χ3v) is 3.95. The zero-order valence-corrected chi connectivity index (χ0v) is 11.7. The maximum absolute atomic E-state index is 12.9. The molecule has 1 aromatic heterocycles. The number of benzene rings is 2. The Morgan fingerprint density at radius 2 is 1.75 bits per heavy atom. The summed E-state index contributed by atoms with van der Waals surface area (Å²) in [6.07, 6.45) is 0. The first kappa shape index (κ1) is 12.9. The predicted molar refractivity (Wildman–Crippen MR) is 78.4 cm³/mol. The van der Waals surface area contributed by atoms with E-state index in [1.807, 2.05) is 18.2 Å². The van der Waals surface area contributed by atoms with Crippen molar-refractivity contribution in [3.63, 3.8) is 0 Å². The minimum Gasteiger partial charge on any atom is -0.477 e. The fraction of sp³-hybridized carbons (Fsp3) is 0. The number of aromatic amines is 1. The van der Waals surface area contributed by atoms with E-state index in [0.29, 0.717) is 4.47 Å². The molecule has 3 aromatic rings. The monoisotopic (exact) mass is 333 g/mol. The summed E-state index contributed by atoms with van der Waals surface area (Å²) in [4.78, 5) is 13.9. The highest BCUT2D eigenvalue weighted by atomic mass is 79.9. The summed E-state index contributed by atoms with van der Waals surface area (Å²) < 4.78 is 13.5. The molecule has 0 aliphatic rings. The van der Waals surface area contributed by atoms with Gasteiger partial charge in [0.15, 0.2) is 0 Å².